The summed E-state index contributed by atoms with van der Waals surface area (Å²) in [6.45, 7) is 5.91. The van der Waals surface area contributed by atoms with E-state index in [1.807, 2.05) is 54.8 Å². The number of hydrogen-bond acceptors (Lipinski definition) is 13. The number of methoxy groups -OCH3 is 3. The molecule has 0 aliphatic rings. The molecule has 0 atom stereocenters. The number of amides is 1. The number of aromatic amines is 1. The van der Waals surface area contributed by atoms with E-state index >= 15 is 0 Å². The third-order valence-electron chi connectivity index (χ3n) is 14.3. The van der Waals surface area contributed by atoms with E-state index in [2.05, 4.69) is 15.0 Å². The normalized spacial score (nSPS) is 11.0. The van der Waals surface area contributed by atoms with Gasteiger partial charge in [-0.1, -0.05) is 48.5 Å². The largest absolute Gasteiger partial charge is 0.496 e. The summed E-state index contributed by atoms with van der Waals surface area (Å²) in [6, 6.07) is 45.8. The van der Waals surface area contributed by atoms with Crippen molar-refractivity contribution in [1.29, 1.82) is 0 Å². The smallest absolute Gasteiger partial charge is 0.471 e. The fourth-order valence-corrected chi connectivity index (χ4v) is 9.90. The quantitative estimate of drug-likeness (QED) is 0.0860. The Hall–Kier alpha value is -11.3. The van der Waals surface area contributed by atoms with Crippen molar-refractivity contribution in [3.8, 4) is 17.2 Å². The molecule has 6 aromatic carbocycles. The zero-order chi connectivity index (χ0) is 63.0. The molecule has 4 N–H and O–H groups in total. The molecule has 0 bridgehead atoms. The molecule has 11 aromatic rings. The first-order chi connectivity index (χ1) is 42.2. The molecule has 0 aliphatic heterocycles. The van der Waals surface area contributed by atoms with E-state index < -0.39 is 23.3 Å². The van der Waals surface area contributed by atoms with Gasteiger partial charge in [0, 0.05) is 57.0 Å². The van der Waals surface area contributed by atoms with E-state index in [1.165, 1.54) is 31.6 Å². The topological polar surface area (TPSA) is 237 Å². The molecule has 5 heterocycles. The van der Waals surface area contributed by atoms with Crippen LogP contribution in [0.5, 0.6) is 17.2 Å². The second-order valence-corrected chi connectivity index (χ2v) is 20.2. The first-order valence-corrected chi connectivity index (χ1v) is 27.2. The number of carbonyl (C=O) groups is 4. The third-order valence-corrected chi connectivity index (χ3v) is 14.3. The van der Waals surface area contributed by atoms with Gasteiger partial charge in [-0.25, -0.2) is 9.97 Å². The lowest BCUT2D eigenvalue weighted by Gasteiger charge is -2.14. The molecule has 1 amide bonds. The van der Waals surface area contributed by atoms with Crippen molar-refractivity contribution in [1.82, 2.24) is 24.1 Å². The van der Waals surface area contributed by atoms with Gasteiger partial charge < -0.3 is 39.4 Å². The van der Waals surface area contributed by atoms with Gasteiger partial charge in [-0.3, -0.25) is 33.6 Å². The Bertz CT molecular complexity index is 4730. The minimum atomic E-state index is -5.05. The van der Waals surface area contributed by atoms with Gasteiger partial charge in [0.2, 0.25) is 16.3 Å². The SMILES string of the molecule is COc1ccc(C(=O)c2c[nH]c3ccccc3c2=O)cc1C.COc1ccc(C(=O)c2cn(Cc3cccc(N)n3)c3ccccc3c2=O)cc1C.COc1ccc(C(=O)c2cn(Cc3cccc(NC(=O)C(F)(F)F)n3)c3ccccc3c2=O)cc1C. The Morgan fingerprint density at radius 2 is 0.920 bits per heavy atom. The van der Waals surface area contributed by atoms with Crippen LogP contribution in [-0.4, -0.2) is 74.8 Å². The summed E-state index contributed by atoms with van der Waals surface area (Å²) in [7, 11) is 4.68. The fraction of sp³-hybridized carbons (Fsp3) is 0.132. The summed E-state index contributed by atoms with van der Waals surface area (Å²) in [5.41, 5.74) is 11.6. The van der Waals surface area contributed by atoms with Crippen LogP contribution in [0.3, 0.4) is 0 Å². The van der Waals surface area contributed by atoms with Crippen LogP contribution < -0.4 is 41.5 Å². The number of aromatic nitrogens is 5. The molecule has 17 nitrogen and oxygen atoms in total. The van der Waals surface area contributed by atoms with Gasteiger partial charge in [-0.2, -0.15) is 13.2 Å². The number of nitrogens with zero attached hydrogens (tertiary/aromatic N) is 4. The van der Waals surface area contributed by atoms with E-state index in [0.717, 1.165) is 33.4 Å². The van der Waals surface area contributed by atoms with Gasteiger partial charge in [-0.05, 0) is 153 Å². The highest BCUT2D eigenvalue weighted by molar-refractivity contribution is 6.12. The Balaban J connectivity index is 0.000000162. The van der Waals surface area contributed by atoms with Crippen molar-refractivity contribution in [3.05, 3.63) is 275 Å². The zero-order valence-corrected chi connectivity index (χ0v) is 48.3. The number of halogens is 3. The van der Waals surface area contributed by atoms with Crippen LogP contribution in [0.15, 0.2) is 197 Å². The van der Waals surface area contributed by atoms with Crippen LogP contribution in [0.4, 0.5) is 24.8 Å². The highest BCUT2D eigenvalue weighted by Gasteiger charge is 2.39. The number of fused-ring (bicyclic) bond motifs is 3. The van der Waals surface area contributed by atoms with Gasteiger partial charge in [0.05, 0.1) is 73.5 Å². The number of benzene rings is 6. The van der Waals surface area contributed by atoms with Crippen molar-refractivity contribution < 1.29 is 46.6 Å². The number of alkyl halides is 3. The fourth-order valence-electron chi connectivity index (χ4n) is 9.90. The number of ether oxygens (including phenoxy) is 3. The minimum absolute atomic E-state index is 0.0262. The molecule has 444 valence electrons. The standard InChI is InChI=1S/C26H20F3N3O4.C24H21N3O3.C18H15NO3/c1-15-12-16(10-11-21(15)36-2)23(33)19-14-32(20-8-4-3-7-18(20)24(19)34)13-17-6-5-9-22(30-17)31-25(35)26(27,28)29;1-15-12-16(10-11-21(15)30-2)23(28)19-14-27(13-17-6-5-9-22(25)26-17)20-8-4-3-7-18(20)24(19)29;1-11-9-12(7-8-16(11)22-2)17(20)14-10-19-15-6-4-3-5-13(15)18(14)21/h3-12,14H,13H2,1-2H3,(H,30,31,35);3-12,14H,13H2,1-2H3,(H2,25,26);3-10H,1-2H3,(H,19,21). The van der Waals surface area contributed by atoms with Crippen LogP contribution in [-0.2, 0) is 17.9 Å². The van der Waals surface area contributed by atoms with E-state index in [-0.39, 0.29) is 51.5 Å². The van der Waals surface area contributed by atoms with Crippen molar-refractivity contribution in [3.63, 3.8) is 0 Å². The van der Waals surface area contributed by atoms with E-state index in [0.29, 0.717) is 73.7 Å². The predicted octanol–water partition coefficient (Wildman–Crippen LogP) is 11.1. The average molecular weight is 1190 g/mol. The van der Waals surface area contributed by atoms with Crippen molar-refractivity contribution in [2.75, 3.05) is 32.4 Å². The molecule has 0 aliphatic carbocycles. The number of carbonyl (C=O) groups excluding carboxylic acids is 4. The Kier molecular flexibility index (Phi) is 18.3. The molecule has 0 fully saturated rings. The number of aryl methyl sites for hydroxylation is 3. The molecule has 88 heavy (non-hydrogen) atoms. The molecule has 0 saturated heterocycles. The number of nitrogens with one attached hydrogen (secondary N) is 2. The molecular weight excluding hydrogens is 1130 g/mol. The minimum Gasteiger partial charge on any atom is -0.496 e. The van der Waals surface area contributed by atoms with Gasteiger partial charge >= 0.3 is 12.1 Å². The molecule has 0 unspecified atom stereocenters. The maximum Gasteiger partial charge on any atom is 0.471 e. The van der Waals surface area contributed by atoms with Crippen molar-refractivity contribution >= 4 is 67.6 Å². The second-order valence-electron chi connectivity index (χ2n) is 20.2. The van der Waals surface area contributed by atoms with Gasteiger partial charge in [-0.15, -0.1) is 0 Å². The lowest BCUT2D eigenvalue weighted by molar-refractivity contribution is -0.167. The second kappa shape index (κ2) is 26.3. The van der Waals surface area contributed by atoms with Gasteiger partial charge in [0.1, 0.15) is 28.9 Å². The molecule has 0 saturated carbocycles. The summed E-state index contributed by atoms with van der Waals surface area (Å²) >= 11 is 0. The monoisotopic (exact) mass is 1190 g/mol. The Labute approximate surface area is 500 Å². The van der Waals surface area contributed by atoms with Gasteiger partial charge in [0.15, 0.2) is 17.3 Å². The van der Waals surface area contributed by atoms with Crippen LogP contribution in [0, 0.1) is 20.8 Å². The van der Waals surface area contributed by atoms with Crippen LogP contribution >= 0.6 is 0 Å². The van der Waals surface area contributed by atoms with E-state index in [1.54, 1.807) is 152 Å². The number of anilines is 2. The average Bonchev–Trinajstić information content (AvgIpc) is 2.36. The first kappa shape index (κ1) is 61.3. The molecule has 20 heteroatoms. The Morgan fingerprint density at radius 1 is 0.511 bits per heavy atom. The molecular formula is C68H56F3N7O10. The third kappa shape index (κ3) is 13.5. The number of para-hydroxylation sites is 3. The number of nitrogen functional groups attached to an aromatic ring is 1. The number of ketones is 3. The van der Waals surface area contributed by atoms with Crippen molar-refractivity contribution in [2.24, 2.45) is 0 Å². The maximum absolute atomic E-state index is 13.3. The van der Waals surface area contributed by atoms with E-state index in [9.17, 15) is 46.7 Å². The maximum atomic E-state index is 13.3. The van der Waals surface area contributed by atoms with Gasteiger partial charge in [0.25, 0.3) is 0 Å². The Morgan fingerprint density at radius 3 is 1.36 bits per heavy atom. The van der Waals surface area contributed by atoms with E-state index in [4.69, 9.17) is 19.9 Å². The number of hydrogen-bond donors (Lipinski definition) is 3. The number of pyridine rings is 5. The first-order valence-electron chi connectivity index (χ1n) is 27.2. The highest BCUT2D eigenvalue weighted by Crippen LogP contribution is 2.26. The summed E-state index contributed by atoms with van der Waals surface area (Å²) < 4.78 is 57.0. The summed E-state index contributed by atoms with van der Waals surface area (Å²) in [5.74, 6) is -1.09. The van der Waals surface area contributed by atoms with Crippen molar-refractivity contribution in [2.45, 2.75) is 40.0 Å². The molecule has 0 radical (unpaired) electrons. The zero-order valence-electron chi connectivity index (χ0n) is 48.3. The lowest BCUT2D eigenvalue weighted by atomic mass is 10.0. The van der Waals surface area contributed by atoms with Crippen LogP contribution in [0.25, 0.3) is 32.7 Å². The lowest BCUT2D eigenvalue weighted by Crippen LogP contribution is -2.30. The summed E-state index contributed by atoms with van der Waals surface area (Å²) in [6.07, 6.45) is -0.555. The summed E-state index contributed by atoms with van der Waals surface area (Å²) in [5, 5.41) is 3.02. The van der Waals surface area contributed by atoms with Crippen LogP contribution in [0.1, 0.15) is 75.8 Å². The number of rotatable bonds is 14. The number of H-pyrrole nitrogens is 1. The number of nitrogens with two attached hydrogens (primary N) is 1. The summed E-state index contributed by atoms with van der Waals surface area (Å²) in [4.78, 5) is 101. The highest BCUT2D eigenvalue weighted by atomic mass is 19.4. The molecule has 11 rings (SSSR count). The predicted molar refractivity (Wildman–Crippen MR) is 330 cm³/mol. The molecule has 5 aromatic heterocycles. The molecule has 0 spiro atoms. The van der Waals surface area contributed by atoms with Crippen LogP contribution in [0.2, 0.25) is 0 Å².